The molecule has 1 rings (SSSR count). The predicted molar refractivity (Wildman–Crippen MR) is 67.8 cm³/mol. The van der Waals surface area contributed by atoms with Crippen molar-refractivity contribution >= 4 is 21.6 Å². The van der Waals surface area contributed by atoms with Crippen LogP contribution in [-0.4, -0.2) is 11.3 Å². The molecule has 0 aromatic heterocycles. The maximum Gasteiger partial charge on any atom is 0.0332 e. The molecule has 1 aromatic carbocycles. The fraction of sp³-hybridized carbons (Fsp3) is 0.455. The van der Waals surface area contributed by atoms with Gasteiger partial charge in [-0.3, -0.25) is 0 Å². The molecule has 14 heavy (non-hydrogen) atoms. The van der Waals surface area contributed by atoms with Crippen LogP contribution in [0.1, 0.15) is 19.4 Å². The van der Waals surface area contributed by atoms with E-state index in [-0.39, 0.29) is 4.75 Å². The lowest BCUT2D eigenvalue weighted by Crippen LogP contribution is -2.25. The number of hydrogen-bond donors (Lipinski definition) is 1. The number of hydrogen-bond acceptors (Lipinski definition) is 3. The third kappa shape index (κ3) is 3.95. The Kier molecular flexibility index (Phi) is 4.35. The molecule has 0 heterocycles. The summed E-state index contributed by atoms with van der Waals surface area (Å²) in [4.78, 5) is 1.29. The summed E-state index contributed by atoms with van der Waals surface area (Å²) in [5, 5.41) is 0. The van der Waals surface area contributed by atoms with Crippen LogP contribution in [0.15, 0.2) is 29.2 Å². The second-order valence-electron chi connectivity index (χ2n) is 3.94. The first-order chi connectivity index (χ1) is 6.53. The van der Waals surface area contributed by atoms with Gasteiger partial charge >= 0.3 is 0 Å². The molecule has 0 bridgehead atoms. The van der Waals surface area contributed by atoms with Crippen LogP contribution in [0.5, 0.6) is 0 Å². The van der Waals surface area contributed by atoms with Gasteiger partial charge in [0.25, 0.3) is 0 Å². The molecule has 0 spiro atoms. The summed E-state index contributed by atoms with van der Waals surface area (Å²) in [7, 11) is 3.63. The maximum absolute atomic E-state index is 5.66. The van der Waals surface area contributed by atoms with Crippen molar-refractivity contribution in [3.05, 3.63) is 29.8 Å². The van der Waals surface area contributed by atoms with E-state index in [4.69, 9.17) is 5.73 Å². The Morgan fingerprint density at radius 1 is 1.21 bits per heavy atom. The van der Waals surface area contributed by atoms with Crippen molar-refractivity contribution in [3.8, 4) is 0 Å². The molecular formula is C11H17NS2. The molecule has 1 aromatic rings. The van der Waals surface area contributed by atoms with Gasteiger partial charge in [-0.05, 0) is 32.9 Å². The first-order valence-electron chi connectivity index (χ1n) is 4.66. The average molecular weight is 227 g/mol. The number of nitrogens with two attached hydrogens (primary N) is 1. The van der Waals surface area contributed by atoms with Crippen molar-refractivity contribution in [2.75, 3.05) is 6.54 Å². The van der Waals surface area contributed by atoms with Gasteiger partial charge in [-0.25, -0.2) is 0 Å². The largest absolute Gasteiger partial charge is 0.329 e. The van der Waals surface area contributed by atoms with E-state index in [1.807, 2.05) is 10.8 Å². The fourth-order valence-electron chi connectivity index (χ4n) is 0.789. The second-order valence-corrected chi connectivity index (χ2v) is 6.85. The van der Waals surface area contributed by atoms with Crippen molar-refractivity contribution in [1.82, 2.24) is 0 Å². The van der Waals surface area contributed by atoms with Crippen LogP contribution >= 0.6 is 21.6 Å². The van der Waals surface area contributed by atoms with E-state index in [0.717, 1.165) is 0 Å². The molecule has 0 amide bonds. The minimum atomic E-state index is 0.148. The minimum absolute atomic E-state index is 0.148. The fourth-order valence-corrected chi connectivity index (χ4v) is 2.93. The van der Waals surface area contributed by atoms with Gasteiger partial charge in [0.15, 0.2) is 0 Å². The van der Waals surface area contributed by atoms with Gasteiger partial charge in [-0.2, -0.15) is 0 Å². The Hall–Kier alpha value is -0.120. The summed E-state index contributed by atoms with van der Waals surface area (Å²) in [6.07, 6.45) is 0. The van der Waals surface area contributed by atoms with Gasteiger partial charge in [-0.1, -0.05) is 39.3 Å². The highest BCUT2D eigenvalue weighted by molar-refractivity contribution is 8.77. The lowest BCUT2D eigenvalue weighted by molar-refractivity contribution is 0.729. The number of rotatable bonds is 4. The quantitative estimate of drug-likeness (QED) is 0.798. The molecule has 0 unspecified atom stereocenters. The normalized spacial score (nSPS) is 11.7. The molecular weight excluding hydrogens is 210 g/mol. The smallest absolute Gasteiger partial charge is 0.0332 e. The van der Waals surface area contributed by atoms with E-state index in [1.54, 1.807) is 10.8 Å². The third-order valence-electron chi connectivity index (χ3n) is 1.88. The molecule has 78 valence electrons. The molecule has 0 saturated heterocycles. The summed E-state index contributed by atoms with van der Waals surface area (Å²) in [5.74, 6) is 0. The zero-order chi connectivity index (χ0) is 10.6. The highest BCUT2D eigenvalue weighted by Gasteiger charge is 2.16. The van der Waals surface area contributed by atoms with Crippen molar-refractivity contribution in [1.29, 1.82) is 0 Å². The van der Waals surface area contributed by atoms with Crippen LogP contribution < -0.4 is 5.73 Å². The topological polar surface area (TPSA) is 26.0 Å². The van der Waals surface area contributed by atoms with Crippen LogP contribution in [0.25, 0.3) is 0 Å². The highest BCUT2D eigenvalue weighted by atomic mass is 33.1. The van der Waals surface area contributed by atoms with Gasteiger partial charge in [-0.15, -0.1) is 0 Å². The Morgan fingerprint density at radius 3 is 2.29 bits per heavy atom. The van der Waals surface area contributed by atoms with Gasteiger partial charge in [0.2, 0.25) is 0 Å². The molecule has 0 radical (unpaired) electrons. The van der Waals surface area contributed by atoms with Crippen molar-refractivity contribution in [2.45, 2.75) is 30.4 Å². The van der Waals surface area contributed by atoms with Crippen LogP contribution in [0.2, 0.25) is 0 Å². The van der Waals surface area contributed by atoms with Crippen molar-refractivity contribution in [2.24, 2.45) is 5.73 Å². The standard InChI is InChI=1S/C11H17NS2/c1-9-4-6-10(7-5-9)13-14-11(2,3)8-12/h4-7H,8,12H2,1-3H3. The molecule has 0 saturated carbocycles. The SMILES string of the molecule is Cc1ccc(SSC(C)(C)CN)cc1. The molecule has 1 nitrogen and oxygen atoms in total. The van der Waals surface area contributed by atoms with E-state index < -0.39 is 0 Å². The number of aryl methyl sites for hydroxylation is 1. The van der Waals surface area contributed by atoms with Crippen LogP contribution in [0.3, 0.4) is 0 Å². The van der Waals surface area contributed by atoms with E-state index in [1.165, 1.54) is 10.5 Å². The first kappa shape index (κ1) is 12.0. The van der Waals surface area contributed by atoms with Crippen molar-refractivity contribution < 1.29 is 0 Å². The molecule has 2 N–H and O–H groups in total. The summed E-state index contributed by atoms with van der Waals surface area (Å²) < 4.78 is 0.148. The zero-order valence-corrected chi connectivity index (χ0v) is 10.5. The van der Waals surface area contributed by atoms with Gasteiger partial charge in [0, 0.05) is 16.2 Å². The van der Waals surface area contributed by atoms with Gasteiger partial charge < -0.3 is 5.73 Å². The Morgan fingerprint density at radius 2 is 1.79 bits per heavy atom. The minimum Gasteiger partial charge on any atom is -0.329 e. The summed E-state index contributed by atoms with van der Waals surface area (Å²) in [6.45, 7) is 7.14. The van der Waals surface area contributed by atoms with Gasteiger partial charge in [0.1, 0.15) is 0 Å². The lowest BCUT2D eigenvalue weighted by Gasteiger charge is -2.20. The maximum atomic E-state index is 5.66. The molecule has 0 aliphatic rings. The van der Waals surface area contributed by atoms with E-state index in [9.17, 15) is 0 Å². The van der Waals surface area contributed by atoms with E-state index in [2.05, 4.69) is 45.0 Å². The van der Waals surface area contributed by atoms with Crippen LogP contribution in [0, 0.1) is 6.92 Å². The second kappa shape index (κ2) is 5.10. The zero-order valence-electron chi connectivity index (χ0n) is 8.91. The van der Waals surface area contributed by atoms with Crippen LogP contribution in [-0.2, 0) is 0 Å². The van der Waals surface area contributed by atoms with Crippen molar-refractivity contribution in [3.63, 3.8) is 0 Å². The molecule has 0 aliphatic carbocycles. The van der Waals surface area contributed by atoms with Gasteiger partial charge in [0.05, 0.1) is 0 Å². The molecule has 0 atom stereocenters. The summed E-state index contributed by atoms with van der Waals surface area (Å²) >= 11 is 0. The van der Waals surface area contributed by atoms with E-state index in [0.29, 0.717) is 6.54 Å². The molecule has 3 heteroatoms. The average Bonchev–Trinajstić information content (AvgIpc) is 2.17. The first-order valence-corrected chi connectivity index (χ1v) is 6.81. The monoisotopic (exact) mass is 227 g/mol. The summed E-state index contributed by atoms with van der Waals surface area (Å²) in [6, 6.07) is 8.58. The third-order valence-corrected chi connectivity index (χ3v) is 5.22. The predicted octanol–water partition coefficient (Wildman–Crippen LogP) is 3.47. The molecule has 0 aliphatic heterocycles. The Bertz CT molecular complexity index is 280. The lowest BCUT2D eigenvalue weighted by atomic mass is 10.2. The number of benzene rings is 1. The highest BCUT2D eigenvalue weighted by Crippen LogP contribution is 2.39. The van der Waals surface area contributed by atoms with E-state index >= 15 is 0 Å². The summed E-state index contributed by atoms with van der Waals surface area (Å²) in [5.41, 5.74) is 6.96. The Balaban J connectivity index is 2.50. The Labute approximate surface area is 94.2 Å². The molecule has 0 fully saturated rings. The van der Waals surface area contributed by atoms with Crippen LogP contribution in [0.4, 0.5) is 0 Å².